The SMILES string of the molecule is Nc1cc(Cc2ccccc2Br)n[nH]c1=O. The predicted molar refractivity (Wildman–Crippen MR) is 66.2 cm³/mol. The monoisotopic (exact) mass is 279 g/mol. The number of nitrogens with one attached hydrogen (secondary N) is 1. The molecule has 0 spiro atoms. The Kier molecular flexibility index (Phi) is 3.05. The summed E-state index contributed by atoms with van der Waals surface area (Å²) in [6, 6.07) is 9.45. The minimum atomic E-state index is -0.351. The van der Waals surface area contributed by atoms with Gasteiger partial charge in [-0.15, -0.1) is 0 Å². The number of hydrogen-bond acceptors (Lipinski definition) is 3. The molecule has 0 aliphatic rings. The fourth-order valence-corrected chi connectivity index (χ4v) is 1.82. The minimum absolute atomic E-state index is 0.192. The molecule has 0 aliphatic carbocycles. The Balaban J connectivity index is 2.31. The second-order valence-corrected chi connectivity index (χ2v) is 4.27. The number of rotatable bonds is 2. The highest BCUT2D eigenvalue weighted by Crippen LogP contribution is 2.18. The summed E-state index contributed by atoms with van der Waals surface area (Å²) in [5.41, 5.74) is 7.20. The molecular formula is C11H10BrN3O. The molecule has 0 aliphatic heterocycles. The molecule has 3 N–H and O–H groups in total. The first-order chi connectivity index (χ1) is 7.66. The van der Waals surface area contributed by atoms with Crippen LogP contribution in [0.15, 0.2) is 39.6 Å². The van der Waals surface area contributed by atoms with Crippen LogP contribution >= 0.6 is 15.9 Å². The zero-order valence-electron chi connectivity index (χ0n) is 8.40. The number of H-pyrrole nitrogens is 1. The van der Waals surface area contributed by atoms with E-state index in [0.29, 0.717) is 6.42 Å². The number of benzene rings is 1. The molecule has 0 saturated heterocycles. The molecule has 0 saturated carbocycles. The zero-order chi connectivity index (χ0) is 11.5. The maximum atomic E-state index is 11.0. The molecule has 82 valence electrons. The Morgan fingerprint density at radius 2 is 2.12 bits per heavy atom. The van der Waals surface area contributed by atoms with E-state index in [-0.39, 0.29) is 11.2 Å². The molecule has 0 amide bonds. The van der Waals surface area contributed by atoms with Gasteiger partial charge in [0, 0.05) is 10.9 Å². The first-order valence-electron chi connectivity index (χ1n) is 4.74. The van der Waals surface area contributed by atoms with Crippen LogP contribution < -0.4 is 11.3 Å². The number of nitrogen functional groups attached to an aromatic ring is 1. The van der Waals surface area contributed by atoms with E-state index in [2.05, 4.69) is 26.1 Å². The van der Waals surface area contributed by atoms with Crippen LogP contribution in [0, 0.1) is 0 Å². The summed E-state index contributed by atoms with van der Waals surface area (Å²) in [5, 5.41) is 6.30. The average molecular weight is 280 g/mol. The van der Waals surface area contributed by atoms with Crippen molar-refractivity contribution >= 4 is 21.6 Å². The highest BCUT2D eigenvalue weighted by molar-refractivity contribution is 9.10. The molecule has 1 aromatic heterocycles. The lowest BCUT2D eigenvalue weighted by Crippen LogP contribution is -2.14. The van der Waals surface area contributed by atoms with E-state index < -0.39 is 0 Å². The van der Waals surface area contributed by atoms with Crippen molar-refractivity contribution in [3.05, 3.63) is 56.4 Å². The summed E-state index contributed by atoms with van der Waals surface area (Å²) in [5.74, 6) is 0. The fraction of sp³-hybridized carbons (Fsp3) is 0.0909. The van der Waals surface area contributed by atoms with Crippen molar-refractivity contribution in [2.24, 2.45) is 0 Å². The van der Waals surface area contributed by atoms with Crippen LogP contribution in [0.1, 0.15) is 11.3 Å². The van der Waals surface area contributed by atoms with Crippen LogP contribution in [0.2, 0.25) is 0 Å². The van der Waals surface area contributed by atoms with E-state index in [9.17, 15) is 4.79 Å². The van der Waals surface area contributed by atoms with E-state index in [1.165, 1.54) is 0 Å². The third kappa shape index (κ3) is 2.30. The van der Waals surface area contributed by atoms with Gasteiger partial charge in [-0.3, -0.25) is 4.79 Å². The Bertz CT molecular complexity index is 565. The molecule has 2 aromatic rings. The van der Waals surface area contributed by atoms with Crippen LogP contribution in [0.25, 0.3) is 0 Å². The van der Waals surface area contributed by atoms with Crippen LogP contribution in [0.4, 0.5) is 5.69 Å². The van der Waals surface area contributed by atoms with Crippen molar-refractivity contribution in [1.29, 1.82) is 0 Å². The maximum absolute atomic E-state index is 11.0. The fourth-order valence-electron chi connectivity index (χ4n) is 1.39. The molecule has 4 nitrogen and oxygen atoms in total. The van der Waals surface area contributed by atoms with Crippen molar-refractivity contribution in [1.82, 2.24) is 10.2 Å². The summed E-state index contributed by atoms with van der Waals surface area (Å²) >= 11 is 3.46. The van der Waals surface area contributed by atoms with Gasteiger partial charge in [0.1, 0.15) is 5.69 Å². The van der Waals surface area contributed by atoms with E-state index >= 15 is 0 Å². The number of nitrogens with two attached hydrogens (primary N) is 1. The highest BCUT2D eigenvalue weighted by atomic mass is 79.9. The summed E-state index contributed by atoms with van der Waals surface area (Å²) < 4.78 is 1.02. The van der Waals surface area contributed by atoms with Crippen LogP contribution in [-0.4, -0.2) is 10.2 Å². The van der Waals surface area contributed by atoms with Gasteiger partial charge < -0.3 is 5.73 Å². The normalized spacial score (nSPS) is 10.3. The molecule has 1 heterocycles. The van der Waals surface area contributed by atoms with Gasteiger partial charge in [0.25, 0.3) is 5.56 Å². The maximum Gasteiger partial charge on any atom is 0.287 e. The second-order valence-electron chi connectivity index (χ2n) is 3.41. The van der Waals surface area contributed by atoms with Gasteiger partial charge in [0.2, 0.25) is 0 Å². The zero-order valence-corrected chi connectivity index (χ0v) is 9.99. The number of hydrogen-bond donors (Lipinski definition) is 2. The lowest BCUT2D eigenvalue weighted by Gasteiger charge is -2.03. The van der Waals surface area contributed by atoms with Gasteiger partial charge in [-0.05, 0) is 17.7 Å². The topological polar surface area (TPSA) is 71.8 Å². The molecule has 2 rings (SSSR count). The molecule has 5 heteroatoms. The quantitative estimate of drug-likeness (QED) is 0.879. The van der Waals surface area contributed by atoms with Gasteiger partial charge >= 0.3 is 0 Å². The highest BCUT2D eigenvalue weighted by Gasteiger charge is 2.03. The smallest absolute Gasteiger partial charge is 0.287 e. The molecule has 0 fully saturated rings. The number of nitrogens with zero attached hydrogens (tertiary/aromatic N) is 1. The van der Waals surface area contributed by atoms with Gasteiger partial charge in [0.05, 0.1) is 5.69 Å². The molecular weight excluding hydrogens is 270 g/mol. The largest absolute Gasteiger partial charge is 0.394 e. The Hall–Kier alpha value is -1.62. The Morgan fingerprint density at radius 1 is 1.38 bits per heavy atom. The molecule has 0 radical (unpaired) electrons. The van der Waals surface area contributed by atoms with Crippen molar-refractivity contribution in [3.8, 4) is 0 Å². The standard InChI is InChI=1S/C11H10BrN3O/c12-9-4-2-1-3-7(9)5-8-6-10(13)11(16)15-14-8/h1-4,6H,5H2,(H2,13,14)(H,15,16). The lowest BCUT2D eigenvalue weighted by molar-refractivity contribution is 0.913. The van der Waals surface area contributed by atoms with Crippen LogP contribution in [-0.2, 0) is 6.42 Å². The van der Waals surface area contributed by atoms with Crippen molar-refractivity contribution < 1.29 is 0 Å². The van der Waals surface area contributed by atoms with E-state index in [4.69, 9.17) is 5.73 Å². The van der Waals surface area contributed by atoms with Gasteiger partial charge in [0.15, 0.2) is 0 Å². The molecule has 0 unspecified atom stereocenters. The third-order valence-corrected chi connectivity index (χ3v) is 2.99. The van der Waals surface area contributed by atoms with Crippen LogP contribution in [0.5, 0.6) is 0 Å². The average Bonchev–Trinajstić information content (AvgIpc) is 2.27. The van der Waals surface area contributed by atoms with Gasteiger partial charge in [-0.1, -0.05) is 34.1 Å². The molecule has 0 atom stereocenters. The summed E-state index contributed by atoms with van der Waals surface area (Å²) in [4.78, 5) is 11.0. The van der Waals surface area contributed by atoms with Crippen LogP contribution in [0.3, 0.4) is 0 Å². The number of halogens is 1. The van der Waals surface area contributed by atoms with Crippen molar-refractivity contribution in [2.45, 2.75) is 6.42 Å². The first kappa shape index (κ1) is 10.9. The lowest BCUT2D eigenvalue weighted by atomic mass is 10.1. The molecule has 1 aromatic carbocycles. The predicted octanol–water partition coefficient (Wildman–Crippen LogP) is 1.71. The first-order valence-corrected chi connectivity index (χ1v) is 5.53. The molecule has 16 heavy (non-hydrogen) atoms. The Morgan fingerprint density at radius 3 is 2.81 bits per heavy atom. The van der Waals surface area contributed by atoms with Crippen molar-refractivity contribution in [2.75, 3.05) is 5.73 Å². The van der Waals surface area contributed by atoms with Gasteiger partial charge in [-0.2, -0.15) is 5.10 Å². The third-order valence-electron chi connectivity index (χ3n) is 2.21. The number of anilines is 1. The van der Waals surface area contributed by atoms with E-state index in [1.807, 2.05) is 24.3 Å². The number of aromatic nitrogens is 2. The van der Waals surface area contributed by atoms with E-state index in [1.54, 1.807) is 6.07 Å². The van der Waals surface area contributed by atoms with Gasteiger partial charge in [-0.25, -0.2) is 5.10 Å². The summed E-state index contributed by atoms with van der Waals surface area (Å²) in [7, 11) is 0. The molecule has 0 bridgehead atoms. The summed E-state index contributed by atoms with van der Waals surface area (Å²) in [6.45, 7) is 0. The Labute approximate surface area is 101 Å². The van der Waals surface area contributed by atoms with E-state index in [0.717, 1.165) is 15.7 Å². The second kappa shape index (κ2) is 4.49. The number of aromatic amines is 1. The minimum Gasteiger partial charge on any atom is -0.394 e. The summed E-state index contributed by atoms with van der Waals surface area (Å²) in [6.07, 6.45) is 0.627. The van der Waals surface area contributed by atoms with Crippen molar-refractivity contribution in [3.63, 3.8) is 0 Å².